The summed E-state index contributed by atoms with van der Waals surface area (Å²) in [6, 6.07) is 20.5. The van der Waals surface area contributed by atoms with Gasteiger partial charge in [-0.25, -0.2) is 0 Å². The predicted octanol–water partition coefficient (Wildman–Crippen LogP) is 5.67. The highest BCUT2D eigenvalue weighted by molar-refractivity contribution is 6.52. The number of hydrogen-bond donors (Lipinski definition) is 1. The third kappa shape index (κ3) is 3.87. The Morgan fingerprint density at radius 2 is 1.72 bits per heavy atom. The van der Waals surface area contributed by atoms with Crippen LogP contribution in [0.15, 0.2) is 78.4 Å². The maximum absolute atomic E-state index is 13.2. The number of aliphatic hydroxyl groups excluding tert-OH is 1. The number of halogens is 1. The zero-order valence-electron chi connectivity index (χ0n) is 17.7. The van der Waals surface area contributed by atoms with Gasteiger partial charge < -0.3 is 9.84 Å². The lowest BCUT2D eigenvalue weighted by atomic mass is 9.95. The van der Waals surface area contributed by atoms with Crippen LogP contribution in [0.1, 0.15) is 29.7 Å². The lowest BCUT2D eigenvalue weighted by Gasteiger charge is -2.25. The molecule has 1 fully saturated rings. The van der Waals surface area contributed by atoms with Crippen molar-refractivity contribution in [1.82, 2.24) is 0 Å². The number of rotatable bonds is 5. The molecule has 1 N–H and O–H groups in total. The summed E-state index contributed by atoms with van der Waals surface area (Å²) in [7, 11) is 0. The van der Waals surface area contributed by atoms with E-state index in [1.54, 1.807) is 30.3 Å². The summed E-state index contributed by atoms with van der Waals surface area (Å²) in [6.45, 7) is 4.22. The van der Waals surface area contributed by atoms with Gasteiger partial charge in [0.2, 0.25) is 0 Å². The number of aryl methyl sites for hydroxylation is 1. The molecule has 1 heterocycles. The molecule has 162 valence electrons. The Balaban J connectivity index is 1.94. The average molecular weight is 448 g/mol. The molecule has 3 aromatic carbocycles. The van der Waals surface area contributed by atoms with Crippen LogP contribution in [-0.2, 0) is 9.59 Å². The highest BCUT2D eigenvalue weighted by atomic mass is 35.5. The fraction of sp³-hybridized carbons (Fsp3) is 0.154. The van der Waals surface area contributed by atoms with Crippen LogP contribution in [0, 0.1) is 6.92 Å². The number of Topliss-reactive ketones (excluding diaryl/α,β-unsaturated/α-hetero) is 1. The number of ether oxygens (including phenoxy) is 1. The van der Waals surface area contributed by atoms with E-state index < -0.39 is 17.7 Å². The standard InChI is InChI=1S/C26H22ClNO4/c1-3-32-19-13-14-21(27)20(15-19)24(29)22-23(17-7-5-4-6-8-17)28(26(31)25(22)30)18-11-9-16(2)10-12-18/h4-15,23,29H,3H2,1-2H3/b24-22+. The van der Waals surface area contributed by atoms with Gasteiger partial charge in [0.05, 0.1) is 23.2 Å². The molecule has 4 rings (SSSR count). The van der Waals surface area contributed by atoms with Crippen LogP contribution in [0.5, 0.6) is 5.75 Å². The molecule has 5 nitrogen and oxygen atoms in total. The van der Waals surface area contributed by atoms with E-state index in [0.717, 1.165) is 5.56 Å². The summed E-state index contributed by atoms with van der Waals surface area (Å²) in [4.78, 5) is 27.8. The molecule has 0 bridgehead atoms. The van der Waals surface area contributed by atoms with Crippen molar-refractivity contribution in [3.63, 3.8) is 0 Å². The van der Waals surface area contributed by atoms with Crippen molar-refractivity contribution in [1.29, 1.82) is 0 Å². The van der Waals surface area contributed by atoms with E-state index >= 15 is 0 Å². The van der Waals surface area contributed by atoms with Crippen LogP contribution in [0.3, 0.4) is 0 Å². The Hall–Kier alpha value is -3.57. The highest BCUT2D eigenvalue weighted by Crippen LogP contribution is 2.43. The zero-order chi connectivity index (χ0) is 22.8. The third-order valence-electron chi connectivity index (χ3n) is 5.38. The van der Waals surface area contributed by atoms with Gasteiger partial charge in [-0.15, -0.1) is 0 Å². The largest absolute Gasteiger partial charge is 0.507 e. The number of carbonyl (C=O) groups is 2. The van der Waals surface area contributed by atoms with Gasteiger partial charge in [-0.3, -0.25) is 14.5 Å². The van der Waals surface area contributed by atoms with Gasteiger partial charge in [-0.05, 0) is 49.7 Å². The molecule has 1 saturated heterocycles. The molecule has 3 aromatic rings. The first-order chi connectivity index (χ1) is 15.4. The number of carbonyl (C=O) groups excluding carboxylic acids is 2. The van der Waals surface area contributed by atoms with Crippen molar-refractivity contribution in [2.75, 3.05) is 11.5 Å². The first-order valence-electron chi connectivity index (χ1n) is 10.3. The van der Waals surface area contributed by atoms with Crippen molar-refractivity contribution >= 4 is 34.7 Å². The smallest absolute Gasteiger partial charge is 0.300 e. The Kier molecular flexibility index (Phi) is 6.01. The number of ketones is 1. The first-order valence-corrected chi connectivity index (χ1v) is 10.7. The highest BCUT2D eigenvalue weighted by Gasteiger charge is 2.47. The van der Waals surface area contributed by atoms with Crippen LogP contribution in [0.25, 0.3) is 5.76 Å². The van der Waals surface area contributed by atoms with Gasteiger partial charge in [-0.2, -0.15) is 0 Å². The molecule has 0 radical (unpaired) electrons. The normalized spacial score (nSPS) is 17.6. The molecular weight excluding hydrogens is 426 g/mol. The van der Waals surface area contributed by atoms with Gasteiger partial charge in [0, 0.05) is 11.3 Å². The number of anilines is 1. The second-order valence-electron chi connectivity index (χ2n) is 7.49. The summed E-state index contributed by atoms with van der Waals surface area (Å²) < 4.78 is 5.52. The van der Waals surface area contributed by atoms with Crippen LogP contribution in [0.4, 0.5) is 5.69 Å². The second-order valence-corrected chi connectivity index (χ2v) is 7.90. The van der Waals surface area contributed by atoms with Crippen LogP contribution in [-0.4, -0.2) is 23.4 Å². The third-order valence-corrected chi connectivity index (χ3v) is 5.71. The monoisotopic (exact) mass is 447 g/mol. The van der Waals surface area contributed by atoms with E-state index in [-0.39, 0.29) is 21.9 Å². The minimum Gasteiger partial charge on any atom is -0.507 e. The Bertz CT molecular complexity index is 1200. The van der Waals surface area contributed by atoms with Crippen LogP contribution < -0.4 is 9.64 Å². The van der Waals surface area contributed by atoms with Crippen molar-refractivity contribution in [3.8, 4) is 5.75 Å². The maximum atomic E-state index is 13.2. The Morgan fingerprint density at radius 1 is 1.03 bits per heavy atom. The molecule has 1 amide bonds. The molecule has 1 aliphatic heterocycles. The summed E-state index contributed by atoms with van der Waals surface area (Å²) >= 11 is 6.36. The van der Waals surface area contributed by atoms with E-state index in [2.05, 4.69) is 0 Å². The van der Waals surface area contributed by atoms with E-state index in [1.807, 2.05) is 56.3 Å². The molecule has 0 spiro atoms. The van der Waals surface area contributed by atoms with Crippen LogP contribution >= 0.6 is 11.6 Å². The van der Waals surface area contributed by atoms with Gasteiger partial charge in [0.25, 0.3) is 11.7 Å². The van der Waals surface area contributed by atoms with Gasteiger partial charge in [0.1, 0.15) is 11.5 Å². The topological polar surface area (TPSA) is 66.8 Å². The number of benzene rings is 3. The Morgan fingerprint density at radius 3 is 2.38 bits per heavy atom. The minimum absolute atomic E-state index is 0.0164. The number of aliphatic hydroxyl groups is 1. The molecule has 1 atom stereocenters. The fourth-order valence-corrected chi connectivity index (χ4v) is 4.05. The predicted molar refractivity (Wildman–Crippen MR) is 125 cm³/mol. The van der Waals surface area contributed by atoms with Crippen LogP contribution in [0.2, 0.25) is 5.02 Å². The quantitative estimate of drug-likeness (QED) is 0.310. The van der Waals surface area contributed by atoms with Gasteiger partial charge >= 0.3 is 0 Å². The van der Waals surface area contributed by atoms with Crippen molar-refractivity contribution < 1.29 is 19.4 Å². The van der Waals surface area contributed by atoms with E-state index in [4.69, 9.17) is 16.3 Å². The minimum atomic E-state index is -0.800. The molecule has 1 aliphatic rings. The van der Waals surface area contributed by atoms with E-state index in [9.17, 15) is 14.7 Å². The zero-order valence-corrected chi connectivity index (χ0v) is 18.5. The molecular formula is C26H22ClNO4. The lowest BCUT2D eigenvalue weighted by Crippen LogP contribution is -2.29. The fourth-order valence-electron chi connectivity index (χ4n) is 3.84. The van der Waals surface area contributed by atoms with E-state index in [0.29, 0.717) is 23.6 Å². The van der Waals surface area contributed by atoms with Crippen molar-refractivity contribution in [3.05, 3.63) is 100 Å². The SMILES string of the molecule is CCOc1ccc(Cl)c(/C(O)=C2\C(=O)C(=O)N(c3ccc(C)cc3)C2c2ccccc2)c1. The molecule has 0 saturated carbocycles. The maximum Gasteiger partial charge on any atom is 0.300 e. The number of nitrogens with zero attached hydrogens (tertiary/aromatic N) is 1. The Labute approximate surface area is 191 Å². The van der Waals surface area contributed by atoms with E-state index in [1.165, 1.54) is 4.90 Å². The average Bonchev–Trinajstić information content (AvgIpc) is 3.06. The molecule has 0 aliphatic carbocycles. The summed E-state index contributed by atoms with van der Waals surface area (Å²) in [5, 5.41) is 11.5. The van der Waals surface area contributed by atoms with Crippen molar-refractivity contribution in [2.45, 2.75) is 19.9 Å². The molecule has 6 heteroatoms. The van der Waals surface area contributed by atoms with Crippen molar-refractivity contribution in [2.24, 2.45) is 0 Å². The number of hydrogen-bond acceptors (Lipinski definition) is 4. The lowest BCUT2D eigenvalue weighted by molar-refractivity contribution is -0.132. The summed E-state index contributed by atoms with van der Waals surface area (Å²) in [5.74, 6) is -1.31. The van der Waals surface area contributed by atoms with Gasteiger partial charge in [-0.1, -0.05) is 59.6 Å². The van der Waals surface area contributed by atoms with Gasteiger partial charge in [0.15, 0.2) is 0 Å². The molecule has 0 aromatic heterocycles. The summed E-state index contributed by atoms with van der Waals surface area (Å²) in [5.41, 5.74) is 2.52. The second kappa shape index (κ2) is 8.89. The number of amides is 1. The first kappa shape index (κ1) is 21.7. The summed E-state index contributed by atoms with van der Waals surface area (Å²) in [6.07, 6.45) is 0. The molecule has 32 heavy (non-hydrogen) atoms. The molecule has 1 unspecified atom stereocenters.